The summed E-state index contributed by atoms with van der Waals surface area (Å²) in [5, 5.41) is 3.71. The zero-order chi connectivity index (χ0) is 13.9. The molecule has 110 valence electrons. The fourth-order valence-corrected chi connectivity index (χ4v) is 3.50. The van der Waals surface area contributed by atoms with Crippen molar-refractivity contribution in [3.8, 4) is 0 Å². The molecule has 0 spiro atoms. The lowest BCUT2D eigenvalue weighted by Gasteiger charge is -2.39. The van der Waals surface area contributed by atoms with Gasteiger partial charge in [-0.1, -0.05) is 18.6 Å². The molecule has 1 aliphatic carbocycles. The predicted molar refractivity (Wildman–Crippen MR) is 80.4 cm³/mol. The quantitative estimate of drug-likeness (QED) is 0.909. The summed E-state index contributed by atoms with van der Waals surface area (Å²) in [4.78, 5) is 2.49. The summed E-state index contributed by atoms with van der Waals surface area (Å²) >= 11 is 0. The van der Waals surface area contributed by atoms with Gasteiger partial charge in [-0.2, -0.15) is 0 Å². The molecule has 0 radical (unpaired) electrons. The van der Waals surface area contributed by atoms with E-state index in [1.807, 2.05) is 12.1 Å². The first-order valence-electron chi connectivity index (χ1n) is 7.91. The summed E-state index contributed by atoms with van der Waals surface area (Å²) in [5.41, 5.74) is 1.29. The summed E-state index contributed by atoms with van der Waals surface area (Å²) in [6.45, 7) is 2.37. The molecule has 1 saturated heterocycles. The Morgan fingerprint density at radius 1 is 1.20 bits per heavy atom. The lowest BCUT2D eigenvalue weighted by molar-refractivity contribution is 0.166. The Morgan fingerprint density at radius 3 is 2.65 bits per heavy atom. The molecule has 1 saturated carbocycles. The molecule has 0 bridgehead atoms. The van der Waals surface area contributed by atoms with Crippen molar-refractivity contribution in [1.29, 1.82) is 0 Å². The van der Waals surface area contributed by atoms with E-state index in [4.69, 9.17) is 0 Å². The molecule has 1 unspecified atom stereocenters. The summed E-state index contributed by atoms with van der Waals surface area (Å²) in [6, 6.07) is 8.39. The third-order valence-corrected chi connectivity index (χ3v) is 5.04. The van der Waals surface area contributed by atoms with Crippen LogP contribution in [0.2, 0.25) is 0 Å². The van der Waals surface area contributed by atoms with Gasteiger partial charge < -0.3 is 10.2 Å². The average molecular weight is 276 g/mol. The number of hydrogen-bond acceptors (Lipinski definition) is 2. The minimum atomic E-state index is -0.136. The number of nitrogens with zero attached hydrogens (tertiary/aromatic N) is 1. The van der Waals surface area contributed by atoms with Crippen LogP contribution in [0, 0.1) is 5.82 Å². The molecule has 2 aliphatic rings. The first kappa shape index (κ1) is 14.0. The van der Waals surface area contributed by atoms with E-state index in [2.05, 4.69) is 17.3 Å². The van der Waals surface area contributed by atoms with Crippen LogP contribution < -0.4 is 5.32 Å². The molecule has 1 atom stereocenters. The number of rotatable bonds is 4. The molecule has 2 fully saturated rings. The monoisotopic (exact) mass is 276 g/mol. The van der Waals surface area contributed by atoms with E-state index in [1.54, 1.807) is 12.1 Å². The molecule has 0 amide bonds. The number of piperidine rings is 1. The fraction of sp³-hybridized carbons (Fsp3) is 0.647. The second-order valence-electron chi connectivity index (χ2n) is 6.46. The number of hydrogen-bond donors (Lipinski definition) is 1. The van der Waals surface area contributed by atoms with Crippen molar-refractivity contribution in [2.45, 2.75) is 50.1 Å². The van der Waals surface area contributed by atoms with Gasteiger partial charge in [-0.25, -0.2) is 4.39 Å². The van der Waals surface area contributed by atoms with Gasteiger partial charge in [-0.3, -0.25) is 0 Å². The highest BCUT2D eigenvalue weighted by molar-refractivity contribution is 5.23. The third kappa shape index (κ3) is 3.21. The van der Waals surface area contributed by atoms with Crippen LogP contribution in [-0.2, 0) is 0 Å². The van der Waals surface area contributed by atoms with E-state index >= 15 is 0 Å². The van der Waals surface area contributed by atoms with Crippen molar-refractivity contribution < 1.29 is 4.39 Å². The van der Waals surface area contributed by atoms with Crippen molar-refractivity contribution in [3.63, 3.8) is 0 Å². The molecule has 0 aromatic heterocycles. The Bertz CT molecular complexity index is 425. The summed E-state index contributed by atoms with van der Waals surface area (Å²) < 4.78 is 12.9. The van der Waals surface area contributed by atoms with Gasteiger partial charge in [0.25, 0.3) is 0 Å². The van der Waals surface area contributed by atoms with E-state index < -0.39 is 0 Å². The first-order valence-corrected chi connectivity index (χ1v) is 7.91. The Morgan fingerprint density at radius 2 is 1.95 bits per heavy atom. The van der Waals surface area contributed by atoms with E-state index in [9.17, 15) is 4.39 Å². The smallest absolute Gasteiger partial charge is 0.123 e. The van der Waals surface area contributed by atoms with Crippen LogP contribution in [-0.4, -0.2) is 37.1 Å². The Balaban J connectivity index is 1.41. The van der Waals surface area contributed by atoms with Crippen LogP contribution in [0.3, 0.4) is 0 Å². The maximum atomic E-state index is 12.9. The number of benzene rings is 1. The molecule has 1 aromatic carbocycles. The Kier molecular flexibility index (Phi) is 4.37. The zero-order valence-corrected chi connectivity index (χ0v) is 12.3. The predicted octanol–water partition coefficient (Wildman–Crippen LogP) is 3.15. The molecule has 3 rings (SSSR count). The molecule has 1 heterocycles. The fourth-order valence-electron chi connectivity index (χ4n) is 3.50. The zero-order valence-electron chi connectivity index (χ0n) is 12.3. The average Bonchev–Trinajstić information content (AvgIpc) is 2.41. The molecule has 1 aliphatic heterocycles. The van der Waals surface area contributed by atoms with Crippen molar-refractivity contribution in [2.75, 3.05) is 20.1 Å². The molecule has 1 N–H and O–H groups in total. The normalized spacial score (nSPS) is 31.0. The van der Waals surface area contributed by atoms with E-state index in [0.29, 0.717) is 18.0 Å². The van der Waals surface area contributed by atoms with Crippen LogP contribution in [0.5, 0.6) is 0 Å². The van der Waals surface area contributed by atoms with Crippen molar-refractivity contribution in [3.05, 3.63) is 35.6 Å². The minimum Gasteiger partial charge on any atom is -0.312 e. The topological polar surface area (TPSA) is 15.3 Å². The molecular weight excluding hydrogens is 251 g/mol. The number of likely N-dealkylation sites (tertiary alicyclic amines) is 1. The van der Waals surface area contributed by atoms with Crippen molar-refractivity contribution in [2.24, 2.45) is 0 Å². The van der Waals surface area contributed by atoms with Gasteiger partial charge in [0.15, 0.2) is 0 Å². The van der Waals surface area contributed by atoms with Crippen LogP contribution >= 0.6 is 0 Å². The molecule has 2 nitrogen and oxygen atoms in total. The van der Waals surface area contributed by atoms with E-state index in [1.165, 1.54) is 44.2 Å². The lowest BCUT2D eigenvalue weighted by atomic mass is 9.76. The van der Waals surface area contributed by atoms with Crippen molar-refractivity contribution in [1.82, 2.24) is 10.2 Å². The van der Waals surface area contributed by atoms with E-state index in [-0.39, 0.29) is 5.82 Å². The van der Waals surface area contributed by atoms with Gasteiger partial charge in [0.05, 0.1) is 0 Å². The van der Waals surface area contributed by atoms with Gasteiger partial charge in [0, 0.05) is 18.6 Å². The lowest BCUT2D eigenvalue weighted by Crippen LogP contribution is -2.48. The maximum Gasteiger partial charge on any atom is 0.123 e. The molecule has 20 heavy (non-hydrogen) atoms. The first-order chi connectivity index (χ1) is 9.72. The number of nitrogens with one attached hydrogen (secondary N) is 1. The second kappa shape index (κ2) is 6.23. The van der Waals surface area contributed by atoms with Gasteiger partial charge in [0.2, 0.25) is 0 Å². The van der Waals surface area contributed by atoms with Gasteiger partial charge in [-0.15, -0.1) is 0 Å². The largest absolute Gasteiger partial charge is 0.312 e. The summed E-state index contributed by atoms with van der Waals surface area (Å²) in [7, 11) is 2.24. The molecular formula is C17H25FN2. The van der Waals surface area contributed by atoms with Crippen LogP contribution in [0.25, 0.3) is 0 Å². The van der Waals surface area contributed by atoms with Crippen LogP contribution in [0.15, 0.2) is 24.3 Å². The van der Waals surface area contributed by atoms with Crippen LogP contribution in [0.1, 0.15) is 43.6 Å². The van der Waals surface area contributed by atoms with Gasteiger partial charge in [-0.05, 0) is 62.9 Å². The maximum absolute atomic E-state index is 12.9. The highest BCUT2D eigenvalue weighted by atomic mass is 19.1. The third-order valence-electron chi connectivity index (χ3n) is 5.04. The van der Waals surface area contributed by atoms with Crippen molar-refractivity contribution >= 4 is 0 Å². The Hall–Kier alpha value is -0.930. The number of likely N-dealkylation sites (N-methyl/N-ethyl adjacent to an activating group) is 1. The highest BCUT2D eigenvalue weighted by Crippen LogP contribution is 2.36. The van der Waals surface area contributed by atoms with Crippen LogP contribution in [0.4, 0.5) is 4.39 Å². The second-order valence-corrected chi connectivity index (χ2v) is 6.46. The Labute approximate surface area is 121 Å². The SMILES string of the molecule is CN1CCCCC1CNC1CC(c2ccc(F)cc2)C1. The van der Waals surface area contributed by atoms with Gasteiger partial charge in [0.1, 0.15) is 5.82 Å². The standard InChI is InChI=1S/C17H25FN2/c1-20-9-3-2-4-17(20)12-19-16-10-14(11-16)13-5-7-15(18)8-6-13/h5-8,14,16-17,19H,2-4,9-12H2,1H3. The number of halogens is 1. The summed E-state index contributed by atoms with van der Waals surface area (Å²) in [6.07, 6.45) is 6.45. The van der Waals surface area contributed by atoms with Gasteiger partial charge >= 0.3 is 0 Å². The highest BCUT2D eigenvalue weighted by Gasteiger charge is 2.30. The minimum absolute atomic E-state index is 0.136. The molecule has 3 heteroatoms. The molecule has 1 aromatic rings. The summed E-state index contributed by atoms with van der Waals surface area (Å²) in [5.74, 6) is 0.486. The van der Waals surface area contributed by atoms with E-state index in [0.717, 1.165) is 6.54 Å².